The molecule has 0 aliphatic carbocycles. The van der Waals surface area contributed by atoms with Gasteiger partial charge in [-0.3, -0.25) is 0 Å². The minimum atomic E-state index is -3.09. The van der Waals surface area contributed by atoms with Crippen LogP contribution in [0.5, 0.6) is 5.75 Å². The quantitative estimate of drug-likeness (QED) is 0.606. The van der Waals surface area contributed by atoms with E-state index in [1.807, 2.05) is 0 Å². The summed E-state index contributed by atoms with van der Waals surface area (Å²) < 4.78 is 70.1. The lowest BCUT2D eigenvalue weighted by Crippen LogP contribution is -2.29. The molecule has 4 heteroatoms. The molecule has 0 aromatic heterocycles. The highest BCUT2D eigenvalue weighted by Gasteiger charge is 2.11. The van der Waals surface area contributed by atoms with Gasteiger partial charge in [0.1, 0.15) is 5.75 Å². The lowest BCUT2D eigenvalue weighted by molar-refractivity contribution is 0.411. The van der Waals surface area contributed by atoms with Crippen molar-refractivity contribution in [2.75, 3.05) is 7.04 Å². The highest BCUT2D eigenvalue weighted by Crippen LogP contribution is 2.13. The van der Waals surface area contributed by atoms with E-state index in [0.29, 0.717) is 0 Å². The van der Waals surface area contributed by atoms with Gasteiger partial charge in [0.2, 0.25) is 0 Å². The fraction of sp³-hybridized carbons (Fsp3) is 0.250. The van der Waals surface area contributed by atoms with Gasteiger partial charge in [0.25, 0.3) is 0 Å². The molecular formula is C8H11BO3. The first-order chi connectivity index (χ1) is 9.27. The number of rotatable bonds is 2. The third-order valence-electron chi connectivity index (χ3n) is 1.16. The predicted molar refractivity (Wildman–Crippen MR) is 47.6 cm³/mol. The summed E-state index contributed by atoms with van der Waals surface area (Å²) >= 11 is 0. The highest BCUT2D eigenvalue weighted by molar-refractivity contribution is 6.58. The molecule has 1 rings (SSSR count). The van der Waals surface area contributed by atoms with E-state index < -0.39 is 55.9 Å². The van der Waals surface area contributed by atoms with Crippen LogP contribution in [-0.2, 0) is 0 Å². The second-order valence-corrected chi connectivity index (χ2v) is 1.97. The summed E-state index contributed by atoms with van der Waals surface area (Å²) in [6.07, 6.45) is 0. The van der Waals surface area contributed by atoms with Crippen LogP contribution >= 0.6 is 0 Å². The van der Waals surface area contributed by atoms with E-state index in [4.69, 9.17) is 22.4 Å². The van der Waals surface area contributed by atoms with Gasteiger partial charge >= 0.3 is 7.12 Å². The van der Waals surface area contributed by atoms with Crippen molar-refractivity contribution in [2.24, 2.45) is 0 Å². The van der Waals surface area contributed by atoms with E-state index >= 15 is 0 Å². The average molecular weight is 175 g/mol. The molecule has 12 heavy (non-hydrogen) atoms. The maximum atomic E-state index is 9.12. The summed E-state index contributed by atoms with van der Waals surface area (Å²) in [4.78, 5) is 0. The molecule has 0 aliphatic heterocycles. The van der Waals surface area contributed by atoms with Crippen LogP contribution < -0.4 is 10.2 Å². The van der Waals surface area contributed by atoms with Crippen molar-refractivity contribution in [3.8, 4) is 5.75 Å². The summed E-state index contributed by atoms with van der Waals surface area (Å²) in [5.41, 5.74) is -1.76. The normalized spacial score (nSPS) is 22.7. The van der Waals surface area contributed by atoms with Crippen LogP contribution in [-0.4, -0.2) is 24.2 Å². The van der Waals surface area contributed by atoms with Gasteiger partial charge in [-0.05, 0) is 23.9 Å². The van der Waals surface area contributed by atoms with E-state index in [1.165, 1.54) is 0 Å². The van der Waals surface area contributed by atoms with Gasteiger partial charge in [-0.25, -0.2) is 0 Å². The van der Waals surface area contributed by atoms with Crippen molar-refractivity contribution in [3.63, 3.8) is 0 Å². The maximum Gasteiger partial charge on any atom is 0.488 e. The van der Waals surface area contributed by atoms with Gasteiger partial charge in [0.05, 0.1) is 15.3 Å². The molecule has 0 amide bonds. The Morgan fingerprint density at radius 2 is 2.42 bits per heavy atom. The van der Waals surface area contributed by atoms with E-state index in [9.17, 15) is 0 Å². The number of ether oxygens (including phenoxy) is 1. The molecule has 0 radical (unpaired) electrons. The Bertz CT molecular complexity index is 552. The minimum Gasteiger partial charge on any atom is -0.496 e. The van der Waals surface area contributed by atoms with Gasteiger partial charge in [-0.1, -0.05) is 12.1 Å². The van der Waals surface area contributed by atoms with Gasteiger partial charge in [-0.2, -0.15) is 0 Å². The van der Waals surface area contributed by atoms with Crippen LogP contribution in [0, 0.1) is 6.85 Å². The third kappa shape index (κ3) is 1.78. The fourth-order valence-corrected chi connectivity index (χ4v) is 0.615. The topological polar surface area (TPSA) is 49.7 Å². The zero-order valence-corrected chi connectivity index (χ0v) is 5.88. The predicted octanol–water partition coefficient (Wildman–Crippen LogP) is -0.317. The second-order valence-electron chi connectivity index (χ2n) is 1.97. The number of hydrogen-bond donors (Lipinski definition) is 2. The summed E-state index contributed by atoms with van der Waals surface area (Å²) in [5.74, 6) is -0.964. The van der Waals surface area contributed by atoms with Gasteiger partial charge in [0.15, 0.2) is 0 Å². The Labute approximate surface area is 84.4 Å². The SMILES string of the molecule is [2H]c1c([2H])c(B(O)O)c([2H])c(C([2H])([2H])[2H])c1OC([2H])([2H])[2H]. The smallest absolute Gasteiger partial charge is 0.488 e. The Morgan fingerprint density at radius 3 is 3.00 bits per heavy atom. The Hall–Kier alpha value is -0.995. The molecule has 1 aromatic carbocycles. The van der Waals surface area contributed by atoms with Crippen molar-refractivity contribution < 1.29 is 27.1 Å². The first kappa shape index (κ1) is 2.75. The van der Waals surface area contributed by atoms with Crippen molar-refractivity contribution in [2.45, 2.75) is 6.85 Å². The van der Waals surface area contributed by atoms with Crippen molar-refractivity contribution in [1.82, 2.24) is 0 Å². The maximum absolute atomic E-state index is 9.12. The first-order valence-corrected chi connectivity index (χ1v) is 2.96. The van der Waals surface area contributed by atoms with Gasteiger partial charge in [-0.15, -0.1) is 0 Å². The number of hydrogen-bond acceptors (Lipinski definition) is 3. The monoisotopic (exact) mass is 175 g/mol. The molecule has 64 valence electrons. The molecule has 0 heterocycles. The highest BCUT2D eigenvalue weighted by atomic mass is 16.5. The van der Waals surface area contributed by atoms with Crippen LogP contribution in [0.25, 0.3) is 0 Å². The van der Waals surface area contributed by atoms with Crippen LogP contribution in [0.1, 0.15) is 17.9 Å². The summed E-state index contributed by atoms with van der Waals surface area (Å²) in [5, 5.41) is 18.2. The average Bonchev–Trinajstić information content (AvgIpc) is 2.21. The van der Waals surface area contributed by atoms with Crippen LogP contribution in [0.4, 0.5) is 0 Å². The van der Waals surface area contributed by atoms with Crippen molar-refractivity contribution in [1.29, 1.82) is 0 Å². The van der Waals surface area contributed by atoms with E-state index in [0.717, 1.165) is 0 Å². The zero-order chi connectivity index (χ0) is 16.7. The Morgan fingerprint density at radius 1 is 1.58 bits per heavy atom. The first-order valence-electron chi connectivity index (χ1n) is 7.46. The van der Waals surface area contributed by atoms with Crippen LogP contribution in [0.2, 0.25) is 0 Å². The molecule has 0 spiro atoms. The standard InChI is InChI=1S/C8H11BO3/c1-6-5-7(9(10)11)3-4-8(6)12-2/h3-5,10-11H,1-2H3/i1D3,2D3,3D,4D,5D. The number of benzene rings is 1. The molecule has 0 saturated carbocycles. The Kier molecular flexibility index (Phi) is 0.827. The third-order valence-corrected chi connectivity index (χ3v) is 1.16. The fourth-order valence-electron chi connectivity index (χ4n) is 0.615. The van der Waals surface area contributed by atoms with Crippen molar-refractivity contribution >= 4 is 12.6 Å². The largest absolute Gasteiger partial charge is 0.496 e. The molecule has 0 aliphatic rings. The molecular weight excluding hydrogens is 155 g/mol. The van der Waals surface area contributed by atoms with Crippen molar-refractivity contribution in [3.05, 3.63) is 23.7 Å². The van der Waals surface area contributed by atoms with Crippen LogP contribution in [0.3, 0.4) is 0 Å². The lowest BCUT2D eigenvalue weighted by atomic mass is 9.79. The van der Waals surface area contributed by atoms with Crippen LogP contribution in [0.15, 0.2) is 18.1 Å². The van der Waals surface area contributed by atoms with Gasteiger partial charge < -0.3 is 14.8 Å². The summed E-state index contributed by atoms with van der Waals surface area (Å²) in [7, 11) is -5.44. The summed E-state index contributed by atoms with van der Waals surface area (Å²) in [6, 6.07) is -2.80. The lowest BCUT2D eigenvalue weighted by Gasteiger charge is -2.05. The molecule has 0 fully saturated rings. The zero-order valence-electron chi connectivity index (χ0n) is 14.9. The molecule has 1 aromatic rings. The molecule has 0 bridgehead atoms. The van der Waals surface area contributed by atoms with Gasteiger partial charge in [0, 0.05) is 4.11 Å². The molecule has 0 saturated heterocycles. The van der Waals surface area contributed by atoms with E-state index in [2.05, 4.69) is 4.74 Å². The Balaban J connectivity index is 3.79. The second kappa shape index (κ2) is 3.60. The molecule has 2 N–H and O–H groups in total. The molecule has 0 atom stereocenters. The molecule has 3 nitrogen and oxygen atoms in total. The minimum absolute atomic E-state index is 0.802. The molecule has 0 unspecified atom stereocenters. The summed E-state index contributed by atoms with van der Waals surface area (Å²) in [6.45, 7) is -3.04. The van der Waals surface area contributed by atoms with E-state index in [-0.39, 0.29) is 0 Å². The van der Waals surface area contributed by atoms with E-state index in [1.54, 1.807) is 0 Å². The number of methoxy groups -OCH3 is 1.